The molecule has 1 aliphatic heterocycles. The third-order valence-corrected chi connectivity index (χ3v) is 3.84. The zero-order valence-electron chi connectivity index (χ0n) is 12.5. The Morgan fingerprint density at radius 1 is 1.25 bits per heavy atom. The second-order valence-corrected chi connectivity index (χ2v) is 5.41. The SMILES string of the molecule is O=C(Nc1ccc(N2CCC(C(F)(F)F)CC2)nn1)c1cocn1. The largest absolute Gasteiger partial charge is 0.451 e. The Bertz CT molecular complexity index is 679. The van der Waals surface area contributed by atoms with Gasteiger partial charge in [-0.25, -0.2) is 4.98 Å². The quantitative estimate of drug-likeness (QED) is 0.923. The van der Waals surface area contributed by atoms with Crippen molar-refractivity contribution in [3.63, 3.8) is 0 Å². The van der Waals surface area contributed by atoms with Crippen LogP contribution in [0, 0.1) is 5.92 Å². The van der Waals surface area contributed by atoms with Gasteiger partial charge in [0.1, 0.15) is 6.26 Å². The van der Waals surface area contributed by atoms with E-state index in [1.165, 1.54) is 12.3 Å². The number of oxazole rings is 1. The molecule has 0 radical (unpaired) electrons. The van der Waals surface area contributed by atoms with Gasteiger partial charge >= 0.3 is 6.18 Å². The highest BCUT2D eigenvalue weighted by Gasteiger charge is 2.41. The zero-order chi connectivity index (χ0) is 17.2. The summed E-state index contributed by atoms with van der Waals surface area (Å²) in [5.41, 5.74) is 0.107. The van der Waals surface area contributed by atoms with Crippen molar-refractivity contribution in [2.45, 2.75) is 19.0 Å². The number of piperidine rings is 1. The first-order valence-electron chi connectivity index (χ1n) is 7.28. The van der Waals surface area contributed by atoms with E-state index >= 15 is 0 Å². The second-order valence-electron chi connectivity index (χ2n) is 5.41. The van der Waals surface area contributed by atoms with E-state index in [-0.39, 0.29) is 37.4 Å². The minimum atomic E-state index is -4.15. The third kappa shape index (κ3) is 3.63. The number of anilines is 2. The van der Waals surface area contributed by atoms with E-state index in [9.17, 15) is 18.0 Å². The van der Waals surface area contributed by atoms with Crippen LogP contribution in [0.25, 0.3) is 0 Å². The number of carbonyl (C=O) groups excluding carboxylic acids is 1. The molecular weight excluding hydrogens is 327 g/mol. The first-order valence-corrected chi connectivity index (χ1v) is 7.28. The van der Waals surface area contributed by atoms with Gasteiger partial charge in [0.2, 0.25) is 0 Å². The smallest absolute Gasteiger partial charge is 0.391 e. The number of hydrogen-bond donors (Lipinski definition) is 1. The number of hydrogen-bond acceptors (Lipinski definition) is 6. The predicted octanol–water partition coefficient (Wildman–Crippen LogP) is 2.50. The van der Waals surface area contributed by atoms with Crippen molar-refractivity contribution in [2.24, 2.45) is 5.92 Å². The fourth-order valence-electron chi connectivity index (χ4n) is 2.50. The molecule has 128 valence electrons. The first-order chi connectivity index (χ1) is 11.4. The lowest BCUT2D eigenvalue weighted by Crippen LogP contribution is -2.39. The molecule has 0 bridgehead atoms. The van der Waals surface area contributed by atoms with Crippen LogP contribution in [0.15, 0.2) is 29.2 Å². The molecule has 1 saturated heterocycles. The Morgan fingerprint density at radius 2 is 2.00 bits per heavy atom. The van der Waals surface area contributed by atoms with Crippen LogP contribution in [0.1, 0.15) is 23.3 Å². The Labute approximate surface area is 134 Å². The maximum absolute atomic E-state index is 12.7. The summed E-state index contributed by atoms with van der Waals surface area (Å²) in [6.45, 7) is 0.535. The molecule has 1 aliphatic rings. The van der Waals surface area contributed by atoms with Gasteiger partial charge in [0, 0.05) is 13.1 Å². The van der Waals surface area contributed by atoms with E-state index in [1.807, 2.05) is 0 Å². The van der Waals surface area contributed by atoms with Gasteiger partial charge in [-0.3, -0.25) is 4.79 Å². The van der Waals surface area contributed by atoms with E-state index < -0.39 is 18.0 Å². The highest BCUT2D eigenvalue weighted by atomic mass is 19.4. The summed E-state index contributed by atoms with van der Waals surface area (Å²) < 4.78 is 42.7. The molecule has 0 spiro atoms. The number of rotatable bonds is 3. The van der Waals surface area contributed by atoms with E-state index in [0.717, 1.165) is 6.39 Å². The van der Waals surface area contributed by atoms with Gasteiger partial charge in [-0.15, -0.1) is 10.2 Å². The molecule has 2 aromatic heterocycles. The van der Waals surface area contributed by atoms with E-state index in [1.54, 1.807) is 11.0 Å². The van der Waals surface area contributed by atoms with Crippen molar-refractivity contribution in [3.05, 3.63) is 30.5 Å². The summed E-state index contributed by atoms with van der Waals surface area (Å²) in [4.78, 5) is 17.2. The maximum Gasteiger partial charge on any atom is 0.391 e. The van der Waals surface area contributed by atoms with Gasteiger partial charge in [-0.2, -0.15) is 13.2 Å². The van der Waals surface area contributed by atoms with Crippen LogP contribution in [0.5, 0.6) is 0 Å². The van der Waals surface area contributed by atoms with Crippen molar-refractivity contribution in [1.29, 1.82) is 0 Å². The molecule has 1 amide bonds. The van der Waals surface area contributed by atoms with Crippen LogP contribution in [0.2, 0.25) is 0 Å². The number of amides is 1. The normalized spacial score (nSPS) is 16.2. The number of nitrogens with zero attached hydrogens (tertiary/aromatic N) is 4. The van der Waals surface area contributed by atoms with E-state index in [2.05, 4.69) is 20.5 Å². The third-order valence-electron chi connectivity index (χ3n) is 3.84. The molecule has 0 saturated carbocycles. The molecule has 10 heteroatoms. The van der Waals surface area contributed by atoms with Crippen LogP contribution >= 0.6 is 0 Å². The number of halogens is 3. The molecule has 3 rings (SSSR count). The summed E-state index contributed by atoms with van der Waals surface area (Å²) in [5.74, 6) is -1.05. The summed E-state index contributed by atoms with van der Waals surface area (Å²) in [7, 11) is 0. The molecule has 0 aromatic carbocycles. The average molecular weight is 341 g/mol. The van der Waals surface area contributed by atoms with Gasteiger partial charge in [0.05, 0.1) is 5.92 Å². The lowest BCUT2D eigenvalue weighted by Gasteiger charge is -2.33. The van der Waals surface area contributed by atoms with Crippen LogP contribution in [0.3, 0.4) is 0 Å². The Hall–Kier alpha value is -2.65. The molecule has 0 unspecified atom stereocenters. The molecule has 2 aromatic rings. The molecule has 3 heterocycles. The van der Waals surface area contributed by atoms with Crippen molar-refractivity contribution in [3.8, 4) is 0 Å². The van der Waals surface area contributed by atoms with Gasteiger partial charge in [-0.1, -0.05) is 0 Å². The number of aromatic nitrogens is 3. The Balaban J connectivity index is 1.58. The first kappa shape index (κ1) is 16.2. The summed E-state index contributed by atoms with van der Waals surface area (Å²) in [6.07, 6.45) is -1.74. The predicted molar refractivity (Wildman–Crippen MR) is 77.5 cm³/mol. The van der Waals surface area contributed by atoms with Crippen LogP contribution in [-0.2, 0) is 0 Å². The van der Waals surface area contributed by atoms with Crippen LogP contribution in [-0.4, -0.2) is 40.4 Å². The monoisotopic (exact) mass is 341 g/mol. The molecule has 0 aliphatic carbocycles. The minimum Gasteiger partial charge on any atom is -0.451 e. The summed E-state index contributed by atoms with van der Waals surface area (Å²) in [5, 5.41) is 10.3. The zero-order valence-corrected chi connectivity index (χ0v) is 12.5. The molecular formula is C14H14F3N5O2. The maximum atomic E-state index is 12.7. The lowest BCUT2D eigenvalue weighted by atomic mass is 9.96. The topological polar surface area (TPSA) is 84.2 Å². The summed E-state index contributed by atoms with van der Waals surface area (Å²) in [6, 6.07) is 3.15. The minimum absolute atomic E-state index is 0.0375. The number of carbonyl (C=O) groups is 1. The van der Waals surface area contributed by atoms with Crippen molar-refractivity contribution in [2.75, 3.05) is 23.3 Å². The molecule has 1 N–H and O–H groups in total. The molecule has 24 heavy (non-hydrogen) atoms. The van der Waals surface area contributed by atoms with Crippen molar-refractivity contribution < 1.29 is 22.4 Å². The van der Waals surface area contributed by atoms with Crippen LogP contribution < -0.4 is 10.2 Å². The average Bonchev–Trinajstić information content (AvgIpc) is 3.09. The summed E-state index contributed by atoms with van der Waals surface area (Å²) >= 11 is 0. The molecule has 1 fully saturated rings. The Morgan fingerprint density at radius 3 is 2.54 bits per heavy atom. The fourth-order valence-corrected chi connectivity index (χ4v) is 2.50. The fraction of sp³-hybridized carbons (Fsp3) is 0.429. The van der Waals surface area contributed by atoms with Gasteiger partial charge in [-0.05, 0) is 25.0 Å². The Kier molecular flexibility index (Phi) is 4.36. The molecule has 7 nitrogen and oxygen atoms in total. The van der Waals surface area contributed by atoms with Crippen molar-refractivity contribution in [1.82, 2.24) is 15.2 Å². The number of nitrogens with one attached hydrogen (secondary N) is 1. The van der Waals surface area contributed by atoms with E-state index in [0.29, 0.717) is 5.82 Å². The van der Waals surface area contributed by atoms with Gasteiger partial charge in [0.15, 0.2) is 23.7 Å². The second kappa shape index (κ2) is 6.46. The van der Waals surface area contributed by atoms with E-state index in [4.69, 9.17) is 4.42 Å². The highest BCUT2D eigenvalue weighted by molar-refractivity contribution is 6.01. The van der Waals surface area contributed by atoms with Gasteiger partial charge in [0.25, 0.3) is 5.91 Å². The van der Waals surface area contributed by atoms with Crippen molar-refractivity contribution >= 4 is 17.5 Å². The molecule has 0 atom stereocenters. The van der Waals surface area contributed by atoms with Gasteiger partial charge < -0.3 is 14.6 Å². The lowest BCUT2D eigenvalue weighted by molar-refractivity contribution is -0.179. The van der Waals surface area contributed by atoms with Crippen LogP contribution in [0.4, 0.5) is 24.8 Å². The standard InChI is InChI=1S/C14H14F3N5O2/c15-14(16,17)9-3-5-22(6-4-9)12-2-1-11(20-21-12)19-13(23)10-7-24-8-18-10/h1-2,7-9H,3-6H2,(H,19,20,23). The number of alkyl halides is 3. The highest BCUT2D eigenvalue weighted by Crippen LogP contribution is 2.34.